The first-order valence-electron chi connectivity index (χ1n) is 4.60. The van der Waals surface area contributed by atoms with E-state index in [1.54, 1.807) is 0 Å². The predicted molar refractivity (Wildman–Crippen MR) is 45.3 cm³/mol. The SMILES string of the molecule is CC1C=C2CCCC(O)(C2)C1. The van der Waals surface area contributed by atoms with Crippen LogP contribution in [-0.2, 0) is 0 Å². The van der Waals surface area contributed by atoms with Gasteiger partial charge in [0.2, 0.25) is 0 Å². The van der Waals surface area contributed by atoms with Crippen LogP contribution in [0.2, 0.25) is 0 Å². The molecule has 0 amide bonds. The van der Waals surface area contributed by atoms with E-state index in [1.807, 2.05) is 0 Å². The molecule has 0 aromatic carbocycles. The van der Waals surface area contributed by atoms with Crippen LogP contribution in [0.3, 0.4) is 0 Å². The van der Waals surface area contributed by atoms with Gasteiger partial charge in [0.25, 0.3) is 0 Å². The summed E-state index contributed by atoms with van der Waals surface area (Å²) in [5.74, 6) is 0.601. The Balaban J connectivity index is 2.24. The van der Waals surface area contributed by atoms with Crippen LogP contribution in [-0.4, -0.2) is 10.7 Å². The number of rotatable bonds is 0. The summed E-state index contributed by atoms with van der Waals surface area (Å²) in [6, 6.07) is 0. The Bertz CT molecular complexity index is 195. The monoisotopic (exact) mass is 152 g/mol. The molecule has 1 saturated carbocycles. The zero-order valence-electron chi connectivity index (χ0n) is 7.14. The van der Waals surface area contributed by atoms with Crippen molar-refractivity contribution >= 4 is 0 Å². The van der Waals surface area contributed by atoms with Gasteiger partial charge in [0, 0.05) is 0 Å². The summed E-state index contributed by atoms with van der Waals surface area (Å²) in [5, 5.41) is 10.0. The summed E-state index contributed by atoms with van der Waals surface area (Å²) in [6.07, 6.45) is 7.73. The third-order valence-corrected chi connectivity index (χ3v) is 2.92. The van der Waals surface area contributed by atoms with Crippen LogP contribution in [0.15, 0.2) is 11.6 Å². The number of hydrogen-bond acceptors (Lipinski definition) is 1. The summed E-state index contributed by atoms with van der Waals surface area (Å²) in [6.45, 7) is 2.20. The Kier molecular flexibility index (Phi) is 1.57. The van der Waals surface area contributed by atoms with Gasteiger partial charge in [-0.25, -0.2) is 0 Å². The van der Waals surface area contributed by atoms with E-state index in [-0.39, 0.29) is 5.60 Å². The maximum Gasteiger partial charge on any atom is 0.0690 e. The van der Waals surface area contributed by atoms with Gasteiger partial charge in [0.1, 0.15) is 0 Å². The second-order valence-corrected chi connectivity index (χ2v) is 4.26. The smallest absolute Gasteiger partial charge is 0.0690 e. The molecular formula is C10H16O. The van der Waals surface area contributed by atoms with Crippen LogP contribution < -0.4 is 0 Å². The van der Waals surface area contributed by atoms with E-state index in [0.717, 1.165) is 19.3 Å². The van der Waals surface area contributed by atoms with E-state index in [1.165, 1.54) is 18.4 Å². The van der Waals surface area contributed by atoms with Gasteiger partial charge in [0.15, 0.2) is 0 Å². The van der Waals surface area contributed by atoms with Crippen molar-refractivity contribution in [2.75, 3.05) is 0 Å². The summed E-state index contributed by atoms with van der Waals surface area (Å²) in [5.41, 5.74) is 1.18. The fourth-order valence-electron chi connectivity index (χ4n) is 2.62. The van der Waals surface area contributed by atoms with E-state index in [0.29, 0.717) is 5.92 Å². The van der Waals surface area contributed by atoms with Crippen LogP contribution in [0.1, 0.15) is 39.0 Å². The Morgan fingerprint density at radius 3 is 3.18 bits per heavy atom. The lowest BCUT2D eigenvalue weighted by atomic mass is 9.72. The summed E-state index contributed by atoms with van der Waals surface area (Å²) < 4.78 is 0. The highest BCUT2D eigenvalue weighted by atomic mass is 16.3. The highest BCUT2D eigenvalue weighted by Crippen LogP contribution is 2.41. The topological polar surface area (TPSA) is 20.2 Å². The van der Waals surface area contributed by atoms with Gasteiger partial charge in [-0.05, 0) is 38.0 Å². The van der Waals surface area contributed by atoms with Gasteiger partial charge in [-0.1, -0.05) is 18.6 Å². The molecule has 1 N–H and O–H groups in total. The van der Waals surface area contributed by atoms with Crippen LogP contribution in [0.5, 0.6) is 0 Å². The van der Waals surface area contributed by atoms with Gasteiger partial charge in [0.05, 0.1) is 5.60 Å². The van der Waals surface area contributed by atoms with E-state index >= 15 is 0 Å². The molecule has 2 bridgehead atoms. The molecule has 0 aromatic heterocycles. The molecule has 2 atom stereocenters. The molecule has 0 aliphatic heterocycles. The Morgan fingerprint density at radius 2 is 2.45 bits per heavy atom. The summed E-state index contributed by atoms with van der Waals surface area (Å²) in [4.78, 5) is 0. The standard InChI is InChI=1S/C10H16O/c1-8-5-9-3-2-4-10(11,6-8)7-9/h5,8,11H,2-4,6-7H2,1H3. The molecular weight excluding hydrogens is 136 g/mol. The molecule has 0 radical (unpaired) electrons. The van der Waals surface area contributed by atoms with Crippen LogP contribution in [0.25, 0.3) is 0 Å². The van der Waals surface area contributed by atoms with Crippen molar-refractivity contribution in [1.82, 2.24) is 0 Å². The molecule has 62 valence electrons. The average Bonchev–Trinajstić information content (AvgIpc) is 1.82. The lowest BCUT2D eigenvalue weighted by Crippen LogP contribution is -2.36. The van der Waals surface area contributed by atoms with Crippen LogP contribution >= 0.6 is 0 Å². The molecule has 1 nitrogen and oxygen atoms in total. The van der Waals surface area contributed by atoms with Crippen LogP contribution in [0, 0.1) is 5.92 Å². The molecule has 2 aliphatic carbocycles. The summed E-state index contributed by atoms with van der Waals surface area (Å²) in [7, 11) is 0. The second kappa shape index (κ2) is 2.34. The maximum atomic E-state index is 10.0. The molecule has 11 heavy (non-hydrogen) atoms. The predicted octanol–water partition coefficient (Wildman–Crippen LogP) is 2.26. The van der Waals surface area contributed by atoms with Crippen molar-refractivity contribution in [3.63, 3.8) is 0 Å². The average molecular weight is 152 g/mol. The number of aliphatic hydroxyl groups is 1. The molecule has 0 heterocycles. The quantitative estimate of drug-likeness (QED) is 0.528. The first kappa shape index (κ1) is 7.35. The fraction of sp³-hybridized carbons (Fsp3) is 0.800. The first-order chi connectivity index (χ1) is 5.18. The second-order valence-electron chi connectivity index (χ2n) is 4.26. The maximum absolute atomic E-state index is 10.0. The summed E-state index contributed by atoms with van der Waals surface area (Å²) >= 11 is 0. The minimum absolute atomic E-state index is 0.318. The first-order valence-corrected chi connectivity index (χ1v) is 4.60. The van der Waals surface area contributed by atoms with E-state index < -0.39 is 0 Å². The van der Waals surface area contributed by atoms with Gasteiger partial charge >= 0.3 is 0 Å². The zero-order chi connectivity index (χ0) is 7.90. The Morgan fingerprint density at radius 1 is 1.64 bits per heavy atom. The molecule has 2 unspecified atom stereocenters. The minimum Gasteiger partial charge on any atom is -0.390 e. The van der Waals surface area contributed by atoms with Gasteiger partial charge in [-0.2, -0.15) is 0 Å². The third kappa shape index (κ3) is 1.34. The molecule has 1 heteroatoms. The largest absolute Gasteiger partial charge is 0.390 e. The van der Waals surface area contributed by atoms with Crippen LogP contribution in [0.4, 0.5) is 0 Å². The van der Waals surface area contributed by atoms with Gasteiger partial charge in [-0.15, -0.1) is 0 Å². The molecule has 0 aromatic rings. The van der Waals surface area contributed by atoms with E-state index in [9.17, 15) is 5.11 Å². The van der Waals surface area contributed by atoms with E-state index in [2.05, 4.69) is 13.0 Å². The number of allylic oxidation sites excluding steroid dienone is 1. The third-order valence-electron chi connectivity index (χ3n) is 2.92. The molecule has 0 spiro atoms. The number of fused-ring (bicyclic) bond motifs is 2. The molecule has 0 saturated heterocycles. The molecule has 2 aliphatic rings. The number of hydrogen-bond donors (Lipinski definition) is 1. The Labute approximate surface area is 68.1 Å². The lowest BCUT2D eigenvalue weighted by molar-refractivity contribution is -0.00368. The van der Waals surface area contributed by atoms with Gasteiger partial charge < -0.3 is 5.11 Å². The van der Waals surface area contributed by atoms with Crippen molar-refractivity contribution < 1.29 is 5.11 Å². The van der Waals surface area contributed by atoms with Crippen molar-refractivity contribution in [2.45, 2.75) is 44.6 Å². The Hall–Kier alpha value is -0.300. The minimum atomic E-state index is -0.318. The highest BCUT2D eigenvalue weighted by molar-refractivity contribution is 5.16. The zero-order valence-corrected chi connectivity index (χ0v) is 7.14. The lowest BCUT2D eigenvalue weighted by Gasteiger charge is -2.39. The van der Waals surface area contributed by atoms with E-state index in [4.69, 9.17) is 0 Å². The molecule has 1 fully saturated rings. The highest BCUT2D eigenvalue weighted by Gasteiger charge is 2.35. The fourth-order valence-corrected chi connectivity index (χ4v) is 2.62. The van der Waals surface area contributed by atoms with Gasteiger partial charge in [-0.3, -0.25) is 0 Å². The van der Waals surface area contributed by atoms with Crippen molar-refractivity contribution in [1.29, 1.82) is 0 Å². The normalized spacial score (nSPS) is 43.5. The molecule has 2 rings (SSSR count). The van der Waals surface area contributed by atoms with Crippen molar-refractivity contribution in [2.24, 2.45) is 5.92 Å². The van der Waals surface area contributed by atoms with Crippen molar-refractivity contribution in [3.05, 3.63) is 11.6 Å². The van der Waals surface area contributed by atoms with Crippen molar-refractivity contribution in [3.8, 4) is 0 Å².